The number of aliphatic imine (C=N–C) groups is 1. The summed E-state index contributed by atoms with van der Waals surface area (Å²) in [4.78, 5) is 9.67. The predicted molar refractivity (Wildman–Crippen MR) is 118 cm³/mol. The number of nitrogens with zero attached hydrogens (tertiary/aromatic N) is 3. The van der Waals surface area contributed by atoms with Gasteiger partial charge in [-0.1, -0.05) is 29.8 Å². The number of rotatable bonds is 6. The van der Waals surface area contributed by atoms with Crippen molar-refractivity contribution in [1.29, 1.82) is 0 Å². The minimum atomic E-state index is 0. The Bertz CT molecular complexity index is 520. The fourth-order valence-electron chi connectivity index (χ4n) is 2.98. The van der Waals surface area contributed by atoms with Crippen LogP contribution in [0.25, 0.3) is 0 Å². The summed E-state index contributed by atoms with van der Waals surface area (Å²) in [7, 11) is 2.21. The van der Waals surface area contributed by atoms with E-state index in [1.807, 2.05) is 0 Å². The summed E-state index contributed by atoms with van der Waals surface area (Å²) in [5, 5.41) is 6.80. The van der Waals surface area contributed by atoms with E-state index >= 15 is 0 Å². The molecule has 0 atom stereocenters. The van der Waals surface area contributed by atoms with Crippen LogP contribution in [-0.4, -0.2) is 68.6 Å². The van der Waals surface area contributed by atoms with Crippen LogP contribution >= 0.6 is 24.0 Å². The fraction of sp³-hybridized carbons (Fsp3) is 0.632. The summed E-state index contributed by atoms with van der Waals surface area (Å²) in [6.45, 7) is 12.6. The van der Waals surface area contributed by atoms with Crippen molar-refractivity contribution < 1.29 is 0 Å². The van der Waals surface area contributed by atoms with Gasteiger partial charge in [0, 0.05) is 32.7 Å². The lowest BCUT2D eigenvalue weighted by Gasteiger charge is -2.21. The molecule has 1 aliphatic heterocycles. The molecule has 1 aromatic carbocycles. The van der Waals surface area contributed by atoms with Gasteiger partial charge < -0.3 is 20.4 Å². The number of guanidine groups is 1. The molecule has 142 valence electrons. The molecule has 0 spiro atoms. The smallest absolute Gasteiger partial charge is 0.191 e. The molecule has 25 heavy (non-hydrogen) atoms. The van der Waals surface area contributed by atoms with Crippen LogP contribution in [0.15, 0.2) is 29.3 Å². The van der Waals surface area contributed by atoms with E-state index in [4.69, 9.17) is 4.99 Å². The van der Waals surface area contributed by atoms with Gasteiger partial charge in [0.15, 0.2) is 5.96 Å². The zero-order valence-corrected chi connectivity index (χ0v) is 18.3. The van der Waals surface area contributed by atoms with Gasteiger partial charge in [-0.2, -0.15) is 0 Å². The SMILES string of the molecule is CCNC(=NCc1cccc(C)c1)NCCN1CCCN(C)CC1.I. The number of hydrogen-bond acceptors (Lipinski definition) is 3. The van der Waals surface area contributed by atoms with E-state index in [1.54, 1.807) is 0 Å². The van der Waals surface area contributed by atoms with Crippen molar-refractivity contribution >= 4 is 29.9 Å². The zero-order chi connectivity index (χ0) is 17.2. The van der Waals surface area contributed by atoms with Crippen molar-refractivity contribution in [3.8, 4) is 0 Å². The van der Waals surface area contributed by atoms with Gasteiger partial charge in [0.25, 0.3) is 0 Å². The Morgan fingerprint density at radius 2 is 2.00 bits per heavy atom. The highest BCUT2D eigenvalue weighted by molar-refractivity contribution is 14.0. The van der Waals surface area contributed by atoms with Crippen LogP contribution in [0.1, 0.15) is 24.5 Å². The first-order chi connectivity index (χ1) is 11.7. The molecule has 0 bridgehead atoms. The quantitative estimate of drug-likeness (QED) is 0.390. The van der Waals surface area contributed by atoms with Crippen molar-refractivity contribution in [1.82, 2.24) is 20.4 Å². The van der Waals surface area contributed by atoms with Gasteiger partial charge in [-0.3, -0.25) is 0 Å². The largest absolute Gasteiger partial charge is 0.357 e. The molecule has 0 radical (unpaired) electrons. The van der Waals surface area contributed by atoms with Gasteiger partial charge in [0.1, 0.15) is 0 Å². The zero-order valence-electron chi connectivity index (χ0n) is 15.9. The van der Waals surface area contributed by atoms with Gasteiger partial charge in [0.05, 0.1) is 6.54 Å². The lowest BCUT2D eigenvalue weighted by Crippen LogP contribution is -2.42. The number of aryl methyl sites for hydroxylation is 1. The molecule has 0 aromatic heterocycles. The highest BCUT2D eigenvalue weighted by atomic mass is 127. The molecule has 5 nitrogen and oxygen atoms in total. The summed E-state index contributed by atoms with van der Waals surface area (Å²) in [6.07, 6.45) is 1.26. The molecule has 1 aromatic rings. The molecule has 6 heteroatoms. The maximum atomic E-state index is 4.71. The lowest BCUT2D eigenvalue weighted by atomic mass is 10.1. The summed E-state index contributed by atoms with van der Waals surface area (Å²) < 4.78 is 0. The topological polar surface area (TPSA) is 42.9 Å². The van der Waals surface area contributed by atoms with Crippen LogP contribution in [0.4, 0.5) is 0 Å². The Kier molecular flexibility index (Phi) is 11.1. The summed E-state index contributed by atoms with van der Waals surface area (Å²) in [5.74, 6) is 0.908. The minimum Gasteiger partial charge on any atom is -0.357 e. The van der Waals surface area contributed by atoms with Crippen LogP contribution in [0.5, 0.6) is 0 Å². The average Bonchev–Trinajstić information content (AvgIpc) is 2.77. The molecular formula is C19H34IN5. The molecule has 0 saturated carbocycles. The van der Waals surface area contributed by atoms with E-state index in [2.05, 4.69) is 65.6 Å². The summed E-state index contributed by atoms with van der Waals surface area (Å²) in [6, 6.07) is 8.54. The van der Waals surface area contributed by atoms with Crippen molar-refractivity contribution in [2.45, 2.75) is 26.8 Å². The highest BCUT2D eigenvalue weighted by Crippen LogP contribution is 2.05. The number of benzene rings is 1. The van der Waals surface area contributed by atoms with Crippen LogP contribution in [0.2, 0.25) is 0 Å². The first-order valence-electron chi connectivity index (χ1n) is 9.16. The van der Waals surface area contributed by atoms with Gasteiger partial charge in [-0.05, 0) is 46.0 Å². The van der Waals surface area contributed by atoms with E-state index in [-0.39, 0.29) is 24.0 Å². The highest BCUT2D eigenvalue weighted by Gasteiger charge is 2.11. The second-order valence-electron chi connectivity index (χ2n) is 6.61. The van der Waals surface area contributed by atoms with Gasteiger partial charge in [-0.25, -0.2) is 4.99 Å². The molecular weight excluding hydrogens is 425 g/mol. The van der Waals surface area contributed by atoms with Crippen molar-refractivity contribution in [3.63, 3.8) is 0 Å². The van der Waals surface area contributed by atoms with Crippen molar-refractivity contribution in [2.24, 2.45) is 4.99 Å². The second-order valence-corrected chi connectivity index (χ2v) is 6.61. The maximum absolute atomic E-state index is 4.71. The first kappa shape index (κ1) is 22.2. The summed E-state index contributed by atoms with van der Waals surface area (Å²) in [5.41, 5.74) is 2.54. The minimum absolute atomic E-state index is 0. The number of hydrogen-bond donors (Lipinski definition) is 2. The van der Waals surface area contributed by atoms with E-state index < -0.39 is 0 Å². The Morgan fingerprint density at radius 3 is 2.76 bits per heavy atom. The molecule has 0 aliphatic carbocycles. The van der Waals surface area contributed by atoms with Crippen LogP contribution in [-0.2, 0) is 6.54 Å². The third-order valence-corrected chi connectivity index (χ3v) is 4.38. The van der Waals surface area contributed by atoms with Gasteiger partial charge in [0.2, 0.25) is 0 Å². The Hall–Kier alpha value is -0.860. The van der Waals surface area contributed by atoms with Crippen LogP contribution in [0.3, 0.4) is 0 Å². The normalized spacial score (nSPS) is 16.8. The third kappa shape index (κ3) is 8.87. The predicted octanol–water partition coefficient (Wildman–Crippen LogP) is 2.31. The average molecular weight is 459 g/mol. The van der Waals surface area contributed by atoms with Crippen LogP contribution in [0, 0.1) is 6.92 Å². The second kappa shape index (κ2) is 12.5. The molecule has 0 amide bonds. The molecule has 2 N–H and O–H groups in total. The molecule has 0 unspecified atom stereocenters. The van der Waals surface area contributed by atoms with Crippen molar-refractivity contribution in [3.05, 3.63) is 35.4 Å². The maximum Gasteiger partial charge on any atom is 0.191 e. The Balaban J connectivity index is 0.00000312. The Morgan fingerprint density at radius 1 is 1.16 bits per heavy atom. The van der Waals surface area contributed by atoms with E-state index in [0.717, 1.165) is 32.1 Å². The summed E-state index contributed by atoms with van der Waals surface area (Å²) >= 11 is 0. The number of likely N-dealkylation sites (N-methyl/N-ethyl adjacent to an activating group) is 1. The molecule has 1 aliphatic rings. The number of halogens is 1. The van der Waals surface area contributed by atoms with Gasteiger partial charge in [-0.15, -0.1) is 24.0 Å². The molecule has 1 fully saturated rings. The number of nitrogens with one attached hydrogen (secondary N) is 2. The van der Waals surface area contributed by atoms with E-state index in [1.165, 1.54) is 37.2 Å². The molecule has 1 saturated heterocycles. The van der Waals surface area contributed by atoms with E-state index in [9.17, 15) is 0 Å². The third-order valence-electron chi connectivity index (χ3n) is 4.38. The van der Waals surface area contributed by atoms with Gasteiger partial charge >= 0.3 is 0 Å². The first-order valence-corrected chi connectivity index (χ1v) is 9.16. The standard InChI is InChI=1S/C19H33N5.HI/c1-4-20-19(22-16-18-8-5-7-17(2)15-18)21-9-12-24-11-6-10-23(3)13-14-24;/h5,7-8,15H,4,6,9-14,16H2,1-3H3,(H2,20,21,22);1H. The monoisotopic (exact) mass is 459 g/mol. The van der Waals surface area contributed by atoms with Crippen molar-refractivity contribution in [2.75, 3.05) is 52.9 Å². The lowest BCUT2D eigenvalue weighted by molar-refractivity contribution is 0.280. The fourth-order valence-corrected chi connectivity index (χ4v) is 2.98. The molecule has 2 rings (SSSR count). The molecule has 1 heterocycles. The van der Waals surface area contributed by atoms with E-state index in [0.29, 0.717) is 6.54 Å². The Labute approximate surface area is 170 Å². The van der Waals surface area contributed by atoms with Crippen LogP contribution < -0.4 is 10.6 Å².